The monoisotopic (exact) mass is 407 g/mol. The fourth-order valence-electron chi connectivity index (χ4n) is 3.93. The molecule has 0 radical (unpaired) electrons. The normalized spacial score (nSPS) is 17.3. The highest BCUT2D eigenvalue weighted by molar-refractivity contribution is 5.95. The number of carbonyl (C=O) groups excluding carboxylic acids is 1. The number of amides is 1. The molecule has 0 aliphatic carbocycles. The second-order valence-corrected chi connectivity index (χ2v) is 7.63. The minimum atomic E-state index is 0.0372. The Hall–Kier alpha value is -3.20. The van der Waals surface area contributed by atoms with Crippen molar-refractivity contribution in [2.75, 3.05) is 49.6 Å². The minimum absolute atomic E-state index is 0.0372. The molecule has 1 amide bonds. The van der Waals surface area contributed by atoms with Gasteiger partial charge in [-0.25, -0.2) is 4.98 Å². The fourth-order valence-corrected chi connectivity index (χ4v) is 3.93. The number of aromatic nitrogens is 4. The van der Waals surface area contributed by atoms with Crippen LogP contribution in [0.2, 0.25) is 0 Å². The first kappa shape index (κ1) is 18.8. The molecule has 9 nitrogen and oxygen atoms in total. The van der Waals surface area contributed by atoms with Crippen LogP contribution in [0, 0.1) is 0 Å². The molecule has 2 N–H and O–H groups in total. The van der Waals surface area contributed by atoms with Crippen molar-refractivity contribution < 1.29 is 9.53 Å². The first-order valence-electron chi connectivity index (χ1n) is 10.5. The van der Waals surface area contributed by atoms with E-state index in [1.807, 2.05) is 29.2 Å². The number of aromatic amines is 1. The van der Waals surface area contributed by atoms with Crippen LogP contribution in [0.5, 0.6) is 0 Å². The van der Waals surface area contributed by atoms with Crippen molar-refractivity contribution in [2.45, 2.75) is 19.3 Å². The van der Waals surface area contributed by atoms with E-state index in [4.69, 9.17) is 9.72 Å². The van der Waals surface area contributed by atoms with Gasteiger partial charge in [-0.1, -0.05) is 0 Å². The van der Waals surface area contributed by atoms with Crippen LogP contribution in [0.25, 0.3) is 11.2 Å². The summed E-state index contributed by atoms with van der Waals surface area (Å²) in [6.07, 6.45) is 5.20. The molecular formula is C21H25N7O2. The number of benzene rings is 1. The van der Waals surface area contributed by atoms with Crippen molar-refractivity contribution in [3.63, 3.8) is 0 Å². The van der Waals surface area contributed by atoms with Gasteiger partial charge in [0.2, 0.25) is 5.95 Å². The summed E-state index contributed by atoms with van der Waals surface area (Å²) in [7, 11) is 0. The van der Waals surface area contributed by atoms with Crippen LogP contribution < -0.4 is 10.2 Å². The van der Waals surface area contributed by atoms with Crippen LogP contribution >= 0.6 is 0 Å². The van der Waals surface area contributed by atoms with Crippen molar-refractivity contribution in [3.8, 4) is 0 Å². The molecule has 2 aliphatic rings. The van der Waals surface area contributed by atoms with Crippen LogP contribution in [0.1, 0.15) is 29.6 Å². The van der Waals surface area contributed by atoms with E-state index in [0.29, 0.717) is 49.3 Å². The highest BCUT2D eigenvalue weighted by Gasteiger charge is 2.19. The van der Waals surface area contributed by atoms with Crippen LogP contribution in [0.4, 0.5) is 17.5 Å². The predicted octanol–water partition coefficient (Wildman–Crippen LogP) is 2.56. The summed E-state index contributed by atoms with van der Waals surface area (Å²) in [6.45, 7) is 4.40. The summed E-state index contributed by atoms with van der Waals surface area (Å²) >= 11 is 0. The number of imidazole rings is 1. The lowest BCUT2D eigenvalue weighted by molar-refractivity contribution is 0.0303. The van der Waals surface area contributed by atoms with Gasteiger partial charge >= 0.3 is 0 Å². The quantitative estimate of drug-likeness (QED) is 0.686. The average molecular weight is 407 g/mol. The average Bonchev–Trinajstić information content (AvgIpc) is 3.29. The Morgan fingerprint density at radius 1 is 1.00 bits per heavy atom. The van der Waals surface area contributed by atoms with Crippen molar-refractivity contribution in [2.24, 2.45) is 0 Å². The molecule has 2 saturated heterocycles. The number of rotatable bonds is 4. The van der Waals surface area contributed by atoms with E-state index in [0.717, 1.165) is 37.1 Å². The Morgan fingerprint density at radius 2 is 1.77 bits per heavy atom. The third kappa shape index (κ3) is 3.80. The van der Waals surface area contributed by atoms with E-state index < -0.39 is 0 Å². The number of ether oxygens (including phenoxy) is 1. The summed E-state index contributed by atoms with van der Waals surface area (Å²) in [5, 5.41) is 3.36. The zero-order valence-corrected chi connectivity index (χ0v) is 16.8. The second kappa shape index (κ2) is 8.27. The molecule has 156 valence electrons. The molecule has 0 saturated carbocycles. The van der Waals surface area contributed by atoms with E-state index >= 15 is 0 Å². The number of nitrogens with zero attached hydrogens (tertiary/aromatic N) is 5. The van der Waals surface area contributed by atoms with Gasteiger partial charge in [-0.2, -0.15) is 9.97 Å². The first-order chi connectivity index (χ1) is 14.8. The van der Waals surface area contributed by atoms with Gasteiger partial charge in [-0.15, -0.1) is 0 Å². The molecule has 0 atom stereocenters. The highest BCUT2D eigenvalue weighted by atomic mass is 16.5. The van der Waals surface area contributed by atoms with Gasteiger partial charge in [0.15, 0.2) is 11.5 Å². The van der Waals surface area contributed by atoms with E-state index in [9.17, 15) is 4.79 Å². The third-order valence-corrected chi connectivity index (χ3v) is 5.61. The van der Waals surface area contributed by atoms with Crippen molar-refractivity contribution in [1.82, 2.24) is 24.8 Å². The molecule has 2 aliphatic heterocycles. The van der Waals surface area contributed by atoms with Gasteiger partial charge in [-0.3, -0.25) is 4.79 Å². The lowest BCUT2D eigenvalue weighted by atomic mass is 10.1. The Bertz CT molecular complexity index is 1020. The summed E-state index contributed by atoms with van der Waals surface area (Å²) in [6, 6.07) is 7.49. The molecule has 4 heterocycles. The van der Waals surface area contributed by atoms with Gasteiger partial charge in [0.1, 0.15) is 5.52 Å². The maximum Gasteiger partial charge on any atom is 0.254 e. The molecule has 1 aromatic carbocycles. The van der Waals surface area contributed by atoms with E-state index in [2.05, 4.69) is 25.2 Å². The number of H-pyrrole nitrogens is 1. The van der Waals surface area contributed by atoms with Crippen molar-refractivity contribution in [1.29, 1.82) is 0 Å². The Labute approximate surface area is 174 Å². The lowest BCUT2D eigenvalue weighted by Gasteiger charge is -2.27. The molecule has 0 spiro atoms. The maximum absolute atomic E-state index is 12.6. The minimum Gasteiger partial charge on any atom is -0.378 e. The van der Waals surface area contributed by atoms with Gasteiger partial charge in [0.25, 0.3) is 5.91 Å². The summed E-state index contributed by atoms with van der Waals surface area (Å²) < 4.78 is 5.33. The Kier molecular flexibility index (Phi) is 5.18. The number of hydrogen-bond donors (Lipinski definition) is 2. The SMILES string of the molecule is O=C(c1ccc(Nc2nc(N3CCCCC3)nc3nc[nH]c23)cc1)N1CCOCC1. The van der Waals surface area contributed by atoms with Crippen LogP contribution in [-0.4, -0.2) is 70.1 Å². The Balaban J connectivity index is 1.37. The van der Waals surface area contributed by atoms with Crippen LogP contribution in [0.3, 0.4) is 0 Å². The Morgan fingerprint density at radius 3 is 2.53 bits per heavy atom. The van der Waals surface area contributed by atoms with Crippen LogP contribution in [0.15, 0.2) is 30.6 Å². The predicted molar refractivity (Wildman–Crippen MR) is 114 cm³/mol. The highest BCUT2D eigenvalue weighted by Crippen LogP contribution is 2.26. The van der Waals surface area contributed by atoms with Crippen LogP contribution in [-0.2, 0) is 4.74 Å². The summed E-state index contributed by atoms with van der Waals surface area (Å²) in [4.78, 5) is 33.5. The maximum atomic E-state index is 12.6. The van der Waals surface area contributed by atoms with E-state index in [1.165, 1.54) is 6.42 Å². The number of anilines is 3. The van der Waals surface area contributed by atoms with Gasteiger partial charge < -0.3 is 24.8 Å². The van der Waals surface area contributed by atoms with E-state index in [-0.39, 0.29) is 5.91 Å². The summed E-state index contributed by atoms with van der Waals surface area (Å²) in [5.41, 5.74) is 2.94. The molecule has 5 rings (SSSR count). The molecule has 3 aromatic rings. The van der Waals surface area contributed by atoms with Gasteiger partial charge in [0.05, 0.1) is 19.5 Å². The number of carbonyl (C=O) groups is 1. The fraction of sp³-hybridized carbons (Fsp3) is 0.429. The largest absolute Gasteiger partial charge is 0.378 e. The van der Waals surface area contributed by atoms with Gasteiger partial charge in [-0.05, 0) is 43.5 Å². The lowest BCUT2D eigenvalue weighted by Crippen LogP contribution is -2.40. The molecule has 30 heavy (non-hydrogen) atoms. The molecule has 2 aromatic heterocycles. The van der Waals surface area contributed by atoms with Gasteiger partial charge in [0, 0.05) is 37.4 Å². The third-order valence-electron chi connectivity index (χ3n) is 5.61. The topological polar surface area (TPSA) is 99.3 Å². The standard InChI is InChI=1S/C21H25N7O2/c29-20(27-10-12-30-13-11-27)15-4-6-16(7-5-15)24-19-17-18(23-14-22-17)25-21(26-19)28-8-2-1-3-9-28/h4-7,14H,1-3,8-13H2,(H2,22,23,24,25,26). The smallest absolute Gasteiger partial charge is 0.254 e. The van der Waals surface area contributed by atoms with Crippen molar-refractivity contribution in [3.05, 3.63) is 36.2 Å². The number of morpholine rings is 1. The van der Waals surface area contributed by atoms with Crippen molar-refractivity contribution >= 4 is 34.5 Å². The zero-order valence-electron chi connectivity index (χ0n) is 16.8. The molecule has 0 unspecified atom stereocenters. The second-order valence-electron chi connectivity index (χ2n) is 7.63. The first-order valence-corrected chi connectivity index (χ1v) is 10.5. The number of hydrogen-bond acceptors (Lipinski definition) is 7. The zero-order chi connectivity index (χ0) is 20.3. The number of fused-ring (bicyclic) bond motifs is 1. The molecule has 9 heteroatoms. The van der Waals surface area contributed by atoms with E-state index in [1.54, 1.807) is 6.33 Å². The molecule has 0 bridgehead atoms. The molecule has 2 fully saturated rings. The number of nitrogens with one attached hydrogen (secondary N) is 2. The number of piperidine rings is 1. The summed E-state index contributed by atoms with van der Waals surface area (Å²) in [5.74, 6) is 1.43. The molecular weight excluding hydrogens is 382 g/mol.